The van der Waals surface area contributed by atoms with Gasteiger partial charge in [0, 0.05) is 24.4 Å². The van der Waals surface area contributed by atoms with Gasteiger partial charge in [0.05, 0.1) is 21.9 Å². The number of thioether (sulfide) groups is 2. The quantitative estimate of drug-likeness (QED) is 0.611. The van der Waals surface area contributed by atoms with Crippen molar-refractivity contribution >= 4 is 35.1 Å². The first-order chi connectivity index (χ1) is 12.6. The highest BCUT2D eigenvalue weighted by Crippen LogP contribution is 2.34. The van der Waals surface area contributed by atoms with Crippen LogP contribution in [-0.4, -0.2) is 26.5 Å². The summed E-state index contributed by atoms with van der Waals surface area (Å²) in [5.74, 6) is -0.547. The molecule has 2 aromatic rings. The molecule has 0 aliphatic carbocycles. The molecule has 5 nitrogen and oxygen atoms in total. The van der Waals surface area contributed by atoms with Crippen molar-refractivity contribution in [3.8, 4) is 0 Å². The summed E-state index contributed by atoms with van der Waals surface area (Å²) in [6.07, 6.45) is -3.78. The zero-order valence-corrected chi connectivity index (χ0v) is 16.1. The Morgan fingerprint density at radius 2 is 2.19 bits per heavy atom. The maximum Gasteiger partial charge on any atom is 0.416 e. The SMILES string of the molecule is C[C@@H]1Cc2nc(SCC(=O)Nc3cccc(C(F)(F)F)c3)n(C)c(=O)c2S1. The number of carbonyl (C=O) groups excluding carboxylic acids is 1. The minimum Gasteiger partial charge on any atom is -0.325 e. The Morgan fingerprint density at radius 3 is 2.89 bits per heavy atom. The standard InChI is InChI=1S/C17H16F3N3O2S2/c1-9-6-12-14(27-9)15(25)23(2)16(22-12)26-8-13(24)21-11-5-3-4-10(7-11)17(18,19)20/h3-5,7,9H,6,8H2,1-2H3,(H,21,24)/t9-/m1/s1. The third kappa shape index (κ3) is 4.49. The third-order valence-electron chi connectivity index (χ3n) is 3.88. The molecule has 0 unspecified atom stereocenters. The molecule has 27 heavy (non-hydrogen) atoms. The lowest BCUT2D eigenvalue weighted by atomic mass is 10.2. The second-order valence-corrected chi connectivity index (χ2v) is 8.47. The van der Waals surface area contributed by atoms with E-state index in [4.69, 9.17) is 0 Å². The monoisotopic (exact) mass is 415 g/mol. The molecule has 3 rings (SSSR count). The van der Waals surface area contributed by atoms with E-state index in [1.54, 1.807) is 7.05 Å². The molecule has 144 valence electrons. The zero-order valence-electron chi connectivity index (χ0n) is 14.5. The van der Waals surface area contributed by atoms with E-state index in [0.29, 0.717) is 16.5 Å². The van der Waals surface area contributed by atoms with E-state index in [9.17, 15) is 22.8 Å². The Labute approximate surface area is 161 Å². The number of anilines is 1. The highest BCUT2D eigenvalue weighted by Gasteiger charge is 2.30. The Hall–Kier alpha value is -1.94. The predicted octanol–water partition coefficient (Wildman–Crippen LogP) is 3.57. The molecule has 0 saturated heterocycles. The van der Waals surface area contributed by atoms with Gasteiger partial charge in [-0.2, -0.15) is 13.2 Å². The van der Waals surface area contributed by atoms with Crippen LogP contribution in [0.2, 0.25) is 0 Å². The minimum atomic E-state index is -4.47. The van der Waals surface area contributed by atoms with E-state index in [0.717, 1.165) is 29.6 Å². The lowest BCUT2D eigenvalue weighted by Crippen LogP contribution is -2.23. The van der Waals surface area contributed by atoms with Gasteiger partial charge < -0.3 is 5.32 Å². The van der Waals surface area contributed by atoms with E-state index < -0.39 is 17.6 Å². The number of halogens is 3. The second-order valence-electron chi connectivity index (χ2n) is 6.08. The van der Waals surface area contributed by atoms with Gasteiger partial charge >= 0.3 is 6.18 Å². The Bertz CT molecular complexity index is 944. The number of benzene rings is 1. The van der Waals surface area contributed by atoms with Crippen LogP contribution in [0.3, 0.4) is 0 Å². The summed E-state index contributed by atoms with van der Waals surface area (Å²) in [7, 11) is 1.59. The van der Waals surface area contributed by atoms with Gasteiger partial charge in [-0.1, -0.05) is 24.8 Å². The van der Waals surface area contributed by atoms with E-state index in [1.165, 1.54) is 28.5 Å². The van der Waals surface area contributed by atoms with Crippen LogP contribution in [0.25, 0.3) is 0 Å². The molecular formula is C17H16F3N3O2S2. The minimum absolute atomic E-state index is 0.0662. The van der Waals surface area contributed by atoms with Gasteiger partial charge in [0.25, 0.3) is 5.56 Å². The van der Waals surface area contributed by atoms with Crippen molar-refractivity contribution in [1.82, 2.24) is 9.55 Å². The van der Waals surface area contributed by atoms with E-state index >= 15 is 0 Å². The molecule has 1 aromatic carbocycles. The molecule has 0 bridgehead atoms. The van der Waals surface area contributed by atoms with Crippen LogP contribution >= 0.6 is 23.5 Å². The Morgan fingerprint density at radius 1 is 1.44 bits per heavy atom. The normalized spacial score (nSPS) is 16.3. The number of carbonyl (C=O) groups is 1. The zero-order chi connectivity index (χ0) is 19.8. The van der Waals surface area contributed by atoms with Crippen molar-refractivity contribution in [2.75, 3.05) is 11.1 Å². The van der Waals surface area contributed by atoms with Crippen molar-refractivity contribution in [3.05, 3.63) is 45.9 Å². The lowest BCUT2D eigenvalue weighted by molar-refractivity contribution is -0.137. The first-order valence-corrected chi connectivity index (χ1v) is 9.88. The van der Waals surface area contributed by atoms with Gasteiger partial charge in [-0.25, -0.2) is 4.98 Å². The summed E-state index contributed by atoms with van der Waals surface area (Å²) in [4.78, 5) is 29.6. The van der Waals surface area contributed by atoms with Gasteiger partial charge in [0.1, 0.15) is 0 Å². The predicted molar refractivity (Wildman–Crippen MR) is 99.3 cm³/mol. The summed E-state index contributed by atoms with van der Waals surface area (Å²) in [6, 6.07) is 4.44. The van der Waals surface area contributed by atoms with Gasteiger partial charge in [0.15, 0.2) is 5.16 Å². The first-order valence-electron chi connectivity index (χ1n) is 8.01. The smallest absolute Gasteiger partial charge is 0.325 e. The van der Waals surface area contributed by atoms with Crippen molar-refractivity contribution < 1.29 is 18.0 Å². The third-order valence-corrected chi connectivity index (χ3v) is 6.13. The fourth-order valence-corrected chi connectivity index (χ4v) is 4.54. The Balaban J connectivity index is 1.68. The average Bonchev–Trinajstić information content (AvgIpc) is 2.97. The van der Waals surface area contributed by atoms with Crippen molar-refractivity contribution in [3.63, 3.8) is 0 Å². The summed E-state index contributed by atoms with van der Waals surface area (Å²) in [5.41, 5.74) is -0.176. The van der Waals surface area contributed by atoms with Gasteiger partial charge in [-0.15, -0.1) is 11.8 Å². The van der Waals surface area contributed by atoms with E-state index in [2.05, 4.69) is 10.3 Å². The van der Waals surface area contributed by atoms with Crippen LogP contribution in [0.4, 0.5) is 18.9 Å². The molecule has 1 aromatic heterocycles. The number of aromatic nitrogens is 2. The molecule has 0 radical (unpaired) electrons. The van der Waals surface area contributed by atoms with Crippen LogP contribution in [-0.2, 0) is 24.4 Å². The van der Waals surface area contributed by atoms with Crippen molar-refractivity contribution in [1.29, 1.82) is 0 Å². The number of hydrogen-bond acceptors (Lipinski definition) is 5. The van der Waals surface area contributed by atoms with Crippen molar-refractivity contribution in [2.45, 2.75) is 34.8 Å². The largest absolute Gasteiger partial charge is 0.416 e. The molecule has 10 heteroatoms. The summed E-state index contributed by atoms with van der Waals surface area (Å²) < 4.78 is 39.6. The molecule has 1 N–H and O–H groups in total. The number of amides is 1. The second kappa shape index (κ2) is 7.59. The number of nitrogens with one attached hydrogen (secondary N) is 1. The summed E-state index contributed by atoms with van der Waals surface area (Å²) in [5, 5.41) is 3.13. The first kappa shape index (κ1) is 19.8. The van der Waals surface area contributed by atoms with Crippen LogP contribution in [0.5, 0.6) is 0 Å². The maximum absolute atomic E-state index is 12.7. The van der Waals surface area contributed by atoms with E-state index in [1.807, 2.05) is 6.92 Å². The topological polar surface area (TPSA) is 64.0 Å². The molecule has 0 fully saturated rings. The molecule has 0 saturated carbocycles. The van der Waals surface area contributed by atoms with Crippen molar-refractivity contribution in [2.24, 2.45) is 7.05 Å². The van der Waals surface area contributed by atoms with Gasteiger partial charge in [-0.3, -0.25) is 14.2 Å². The number of nitrogens with zero attached hydrogens (tertiary/aromatic N) is 2. The molecule has 2 heterocycles. The fourth-order valence-electron chi connectivity index (χ4n) is 2.61. The average molecular weight is 415 g/mol. The van der Waals surface area contributed by atoms with Gasteiger partial charge in [-0.05, 0) is 18.2 Å². The summed E-state index contributed by atoms with van der Waals surface area (Å²) in [6.45, 7) is 2.01. The maximum atomic E-state index is 12.7. The number of hydrogen-bond donors (Lipinski definition) is 1. The molecule has 1 aliphatic rings. The number of alkyl halides is 3. The van der Waals surface area contributed by atoms with Crippen LogP contribution in [0.15, 0.2) is 39.1 Å². The van der Waals surface area contributed by atoms with Crippen LogP contribution in [0, 0.1) is 0 Å². The molecule has 1 amide bonds. The molecule has 1 aliphatic heterocycles. The lowest BCUT2D eigenvalue weighted by Gasteiger charge is -2.11. The molecule has 1 atom stereocenters. The van der Waals surface area contributed by atoms with Crippen LogP contribution < -0.4 is 10.9 Å². The van der Waals surface area contributed by atoms with Gasteiger partial charge in [0.2, 0.25) is 5.91 Å². The van der Waals surface area contributed by atoms with Crippen LogP contribution in [0.1, 0.15) is 18.2 Å². The van der Waals surface area contributed by atoms with E-state index in [-0.39, 0.29) is 22.2 Å². The number of rotatable bonds is 4. The summed E-state index contributed by atoms with van der Waals surface area (Å²) >= 11 is 2.57. The molecular weight excluding hydrogens is 399 g/mol. The number of fused-ring (bicyclic) bond motifs is 1. The fraction of sp³-hybridized carbons (Fsp3) is 0.353. The highest BCUT2D eigenvalue weighted by molar-refractivity contribution is 8.00. The Kier molecular flexibility index (Phi) is 5.57. The molecule has 0 spiro atoms. The highest BCUT2D eigenvalue weighted by atomic mass is 32.2.